The summed E-state index contributed by atoms with van der Waals surface area (Å²) in [5, 5.41) is 16.0. The zero-order chi connectivity index (χ0) is 40.1. The Labute approximate surface area is 338 Å². The Morgan fingerprint density at radius 3 is 1.43 bits per heavy atom. The zero-order valence-corrected chi connectivity index (χ0v) is 38.3. The minimum atomic E-state index is -4.02. The number of allylic oxidation sites excluding steroid dienone is 2. The highest BCUT2D eigenvalue weighted by molar-refractivity contribution is 9.93. The minimum absolute atomic E-state index is 0. The van der Waals surface area contributed by atoms with E-state index in [2.05, 4.69) is 67.0 Å². The van der Waals surface area contributed by atoms with Crippen molar-refractivity contribution in [1.29, 1.82) is 0 Å². The van der Waals surface area contributed by atoms with Gasteiger partial charge in [0.25, 0.3) is 10.1 Å². The first kappa shape index (κ1) is 62.2. The molecule has 1 aliphatic rings. The van der Waals surface area contributed by atoms with Crippen molar-refractivity contribution in [3.05, 3.63) is 51.3 Å². The second-order valence-corrected chi connectivity index (χ2v) is 13.9. The summed E-state index contributed by atoms with van der Waals surface area (Å²) in [4.78, 5) is 19.3. The second kappa shape index (κ2) is 43.6. The summed E-state index contributed by atoms with van der Waals surface area (Å²) in [5.41, 5.74) is 0.956. The van der Waals surface area contributed by atoms with Crippen LogP contribution < -0.4 is 0 Å². The van der Waals surface area contributed by atoms with Gasteiger partial charge in [-0.25, -0.2) is 0 Å². The quantitative estimate of drug-likeness (QED) is 0.0627. The number of carbonyl (C=O) groups excluding carboxylic acids is 2. The topological polar surface area (TPSA) is 207 Å². The van der Waals surface area contributed by atoms with Crippen LogP contribution in [0.1, 0.15) is 78.7 Å². The maximum Gasteiger partial charge on any atom is 0.294 e. The Morgan fingerprint density at radius 2 is 1.22 bits per heavy atom. The van der Waals surface area contributed by atoms with E-state index < -0.39 is 10.1 Å². The van der Waals surface area contributed by atoms with Crippen LogP contribution in [0.2, 0.25) is 0 Å². The highest BCUT2D eigenvalue weighted by Gasteiger charge is 2.13. The van der Waals surface area contributed by atoms with Gasteiger partial charge in [0.2, 0.25) is 0 Å². The Hall–Kier alpha value is -0.770. The summed E-state index contributed by atoms with van der Waals surface area (Å²) in [7, 11) is 2.30. The van der Waals surface area contributed by atoms with E-state index >= 15 is 0 Å². The van der Waals surface area contributed by atoms with Gasteiger partial charge in [0.1, 0.15) is 6.26 Å². The van der Waals surface area contributed by atoms with Crippen LogP contribution in [-0.2, 0) is 43.4 Å². The van der Waals surface area contributed by atoms with Crippen LogP contribution in [0.5, 0.6) is 0 Å². The predicted octanol–water partition coefficient (Wildman–Crippen LogP) is 8.52. The van der Waals surface area contributed by atoms with E-state index in [1.165, 1.54) is 50.5 Å². The van der Waals surface area contributed by atoms with Gasteiger partial charge in [-0.05, 0) is 84.5 Å². The first-order valence-electron chi connectivity index (χ1n) is 15.3. The molecule has 1 saturated carbocycles. The fraction of sp³-hybridized carbons (Fsp3) is 0.636. The van der Waals surface area contributed by atoms with Gasteiger partial charge in [0, 0.05) is 69.2 Å². The first-order chi connectivity index (χ1) is 23.4. The predicted molar refractivity (Wildman–Crippen MR) is 217 cm³/mol. The normalized spacial score (nSPS) is 12.6. The zero-order valence-electron chi connectivity index (χ0n) is 31.2. The van der Waals surface area contributed by atoms with Crippen LogP contribution in [0.25, 0.3) is 0 Å². The molecule has 51 heavy (non-hydrogen) atoms. The molecule has 0 amide bonds. The van der Waals surface area contributed by atoms with E-state index in [4.69, 9.17) is 38.5 Å². The monoisotopic (exact) mass is 1010 g/mol. The van der Waals surface area contributed by atoms with Gasteiger partial charge in [-0.2, -0.15) is 8.42 Å². The number of hydrogen-bond acceptors (Lipinski definition) is 11. The number of hydrogen-bond donors (Lipinski definition) is 3. The molecule has 18 heteroatoms. The molecule has 0 spiro atoms. The van der Waals surface area contributed by atoms with E-state index in [0.717, 1.165) is 11.5 Å². The number of methoxy groups -OCH3 is 4. The van der Waals surface area contributed by atoms with E-state index in [1.54, 1.807) is 54.4 Å². The van der Waals surface area contributed by atoms with Crippen molar-refractivity contribution in [2.75, 3.05) is 28.4 Å². The maximum atomic E-state index is 10.5. The molecule has 0 saturated heterocycles. The van der Waals surface area contributed by atoms with Gasteiger partial charge < -0.3 is 39.4 Å². The summed E-state index contributed by atoms with van der Waals surface area (Å²) < 4.78 is 54.9. The average Bonchev–Trinajstić information content (AvgIpc) is 3.09. The molecule has 2 rings (SSSR count). The standard InChI is InChI=1S/C7H16O4.C7H8O3S.C7H14.C6H9BrO2.C3H3BrO2.C3H8O.Br2.H2O/c1-8-6(9-2)5-7(10-3)11-4;1-6-2-4-7(5-3-6)11(8,9)10;1-7-5-3-2-4-6-7;1-5(2)9-4-6(7)3-8;4-3(1-5)2-6;1-3(2)4;1-2;/h6-7H,5H2,1-4H3;2-5H,1H3,(H,8,9,10);7H,2-6H2,1H3;3-5H,1-2H3;1-2,5H;3-4H,1-2H3;;1H2/b;;;6-4+;3-1+;;;. The lowest BCUT2D eigenvalue weighted by Gasteiger charge is -2.18. The Kier molecular flexibility index (Phi) is 53.2. The van der Waals surface area contributed by atoms with Crippen LogP contribution in [0.4, 0.5) is 0 Å². The molecule has 1 aromatic rings. The van der Waals surface area contributed by atoms with E-state index in [-0.39, 0.29) is 39.6 Å². The smallest absolute Gasteiger partial charge is 0.294 e. The van der Waals surface area contributed by atoms with Gasteiger partial charge in [-0.1, -0.05) is 56.7 Å². The van der Waals surface area contributed by atoms with Gasteiger partial charge in [-0.15, -0.1) is 0 Å². The number of aryl methyl sites for hydroxylation is 1. The molecular formula is C33H60Br4O13S. The molecule has 0 aromatic heterocycles. The summed E-state index contributed by atoms with van der Waals surface area (Å²) in [5.74, 6) is 1.04. The van der Waals surface area contributed by atoms with Crippen molar-refractivity contribution in [3.8, 4) is 0 Å². The number of benzene rings is 1. The molecule has 5 N–H and O–H groups in total. The largest absolute Gasteiger partial charge is 0.514 e. The third kappa shape index (κ3) is 51.4. The highest BCUT2D eigenvalue weighted by atomic mass is 80.9. The molecule has 0 radical (unpaired) electrons. The average molecular weight is 1020 g/mol. The van der Waals surface area contributed by atoms with E-state index in [0.29, 0.717) is 29.7 Å². The fourth-order valence-corrected chi connectivity index (χ4v) is 3.60. The molecule has 0 atom stereocenters. The van der Waals surface area contributed by atoms with Crippen LogP contribution >= 0.6 is 60.1 Å². The van der Waals surface area contributed by atoms with Gasteiger partial charge in [0.15, 0.2) is 25.2 Å². The number of halogens is 4. The van der Waals surface area contributed by atoms with Crippen LogP contribution in [0.3, 0.4) is 0 Å². The second-order valence-electron chi connectivity index (χ2n) is 10.6. The van der Waals surface area contributed by atoms with E-state index in [1.807, 2.05) is 20.8 Å². The molecule has 1 fully saturated rings. The Balaban J connectivity index is -0.000000120. The van der Waals surface area contributed by atoms with Gasteiger partial charge >= 0.3 is 0 Å². The lowest BCUT2D eigenvalue weighted by atomic mass is 9.91. The van der Waals surface area contributed by atoms with Crippen molar-refractivity contribution >= 4 is 82.8 Å². The molecule has 1 aliphatic carbocycles. The summed E-state index contributed by atoms with van der Waals surface area (Å²) >= 11 is 11.2. The third-order valence-corrected chi connectivity index (χ3v) is 7.08. The Bertz CT molecular complexity index is 1050. The number of aldehydes is 2. The maximum absolute atomic E-state index is 10.5. The first-order valence-corrected chi connectivity index (χ1v) is 22.0. The number of ether oxygens (including phenoxy) is 5. The van der Waals surface area contributed by atoms with E-state index in [9.17, 15) is 18.0 Å². The highest BCUT2D eigenvalue weighted by Crippen LogP contribution is 2.22. The van der Waals surface area contributed by atoms with Crippen LogP contribution in [-0.4, -0.2) is 94.5 Å². The molecule has 0 aliphatic heterocycles. The third-order valence-electron chi connectivity index (χ3n) is 5.45. The fourth-order valence-electron chi connectivity index (χ4n) is 3.01. The number of aliphatic hydroxyl groups excluding tert-OH is 2. The molecule has 304 valence electrons. The minimum Gasteiger partial charge on any atom is -0.514 e. The number of carbonyl (C=O) groups is 2. The van der Waals surface area contributed by atoms with Crippen molar-refractivity contribution < 1.29 is 61.9 Å². The summed E-state index contributed by atoms with van der Waals surface area (Å²) in [6.45, 7) is 11.4. The molecule has 0 bridgehead atoms. The lowest BCUT2D eigenvalue weighted by molar-refractivity contribution is -0.178. The lowest BCUT2D eigenvalue weighted by Crippen LogP contribution is -2.24. The van der Waals surface area contributed by atoms with Crippen molar-refractivity contribution in [2.45, 2.75) is 110 Å². The molecule has 0 heterocycles. The van der Waals surface area contributed by atoms with Gasteiger partial charge in [-0.3, -0.25) is 14.1 Å². The van der Waals surface area contributed by atoms with Crippen molar-refractivity contribution in [2.24, 2.45) is 5.92 Å². The van der Waals surface area contributed by atoms with Crippen molar-refractivity contribution in [1.82, 2.24) is 0 Å². The Morgan fingerprint density at radius 1 is 0.843 bits per heavy atom. The van der Waals surface area contributed by atoms with Crippen LogP contribution in [0, 0.1) is 12.8 Å². The van der Waals surface area contributed by atoms with Crippen LogP contribution in [0.15, 0.2) is 50.6 Å². The number of rotatable bonds is 11. The molecule has 13 nitrogen and oxygen atoms in total. The molecule has 1 aromatic carbocycles. The summed E-state index contributed by atoms with van der Waals surface area (Å²) in [6.07, 6.45) is 10.7. The molecular weight excluding hydrogens is 956 g/mol. The van der Waals surface area contributed by atoms with Gasteiger partial charge in [0.05, 0.1) is 26.2 Å². The number of aliphatic hydroxyl groups is 2. The summed E-state index contributed by atoms with van der Waals surface area (Å²) in [6, 6.07) is 5.99. The molecule has 0 unspecified atom stereocenters. The SMILES string of the molecule is BrBr.CC(C)O.CC(C)O/C=C(/Br)C=O.CC1CCCCC1.COC(CC(OC)OC)OC.Cc1ccc(S(=O)(=O)O)cc1.O.O=C/C(Br)=C\O. The van der Waals surface area contributed by atoms with Crippen molar-refractivity contribution in [3.63, 3.8) is 0 Å².